The van der Waals surface area contributed by atoms with Crippen LogP contribution in [0.2, 0.25) is 0 Å². The van der Waals surface area contributed by atoms with Crippen LogP contribution in [0, 0.1) is 23.7 Å². The van der Waals surface area contributed by atoms with Gasteiger partial charge in [0.1, 0.15) is 0 Å². The predicted molar refractivity (Wildman–Crippen MR) is 217 cm³/mol. The van der Waals surface area contributed by atoms with Crippen molar-refractivity contribution in [1.29, 1.82) is 0 Å². The first-order chi connectivity index (χ1) is 22.4. The molecule has 5 aliphatic carbocycles. The minimum absolute atomic E-state index is 0.925. The fraction of sp³-hybridized carbons (Fsp3) is 0.522. The minimum Gasteiger partial charge on any atom is -0.103 e. The van der Waals surface area contributed by atoms with Crippen LogP contribution < -0.4 is 0 Å². The maximum Gasteiger partial charge on any atom is -0.0133 e. The highest BCUT2D eigenvalue weighted by Crippen LogP contribution is 2.52. The van der Waals surface area contributed by atoms with Gasteiger partial charge in [-0.3, -0.25) is 0 Å². The summed E-state index contributed by atoms with van der Waals surface area (Å²) in [5.74, 6) is 3.82. The quantitative estimate of drug-likeness (QED) is 0.149. The summed E-state index contributed by atoms with van der Waals surface area (Å²) in [6.07, 6.45) is 53.5. The van der Waals surface area contributed by atoms with Crippen molar-refractivity contribution in [2.45, 2.75) is 132 Å². The molecule has 0 heteroatoms. The van der Waals surface area contributed by atoms with Crippen LogP contribution in [0.25, 0.3) is 0 Å². The van der Waals surface area contributed by atoms with Gasteiger partial charge in [0.05, 0.1) is 0 Å². The molecule has 0 aliphatic heterocycles. The van der Waals surface area contributed by atoms with Gasteiger partial charge in [0.15, 0.2) is 0 Å². The van der Waals surface area contributed by atoms with Gasteiger partial charge in [-0.15, -0.1) is 13.2 Å². The smallest absolute Gasteiger partial charge is 0.0133 e. The third-order valence-corrected chi connectivity index (χ3v) is 7.65. The van der Waals surface area contributed by atoms with Crippen LogP contribution in [0.5, 0.6) is 0 Å². The van der Waals surface area contributed by atoms with E-state index in [4.69, 9.17) is 0 Å². The van der Waals surface area contributed by atoms with Gasteiger partial charge in [0.2, 0.25) is 0 Å². The SMILES string of the molecule is C1=CC2C3C=CC(C3)C2C1.C1=CCC=C1.C1=CCCC1.C=CC=CC.C=CCCC.C=CCCCC.CC=C(C)C.CC=CCC. The maximum atomic E-state index is 3.60. The minimum atomic E-state index is 0.925. The molecule has 2 bridgehead atoms. The summed E-state index contributed by atoms with van der Waals surface area (Å²) in [4.78, 5) is 0. The van der Waals surface area contributed by atoms with E-state index in [0.29, 0.717) is 0 Å². The Kier molecular flexibility index (Phi) is 41.5. The summed E-state index contributed by atoms with van der Waals surface area (Å²) < 4.78 is 0. The molecular weight excluding hydrogens is 553 g/mol. The Morgan fingerprint density at radius 3 is 1.61 bits per heavy atom. The summed E-state index contributed by atoms with van der Waals surface area (Å²) in [6.45, 7) is 27.3. The number of hydrogen-bond donors (Lipinski definition) is 0. The van der Waals surface area contributed by atoms with E-state index in [1.165, 1.54) is 63.4 Å². The summed E-state index contributed by atoms with van der Waals surface area (Å²) >= 11 is 0. The number of hydrogen-bond acceptors (Lipinski definition) is 0. The summed E-state index contributed by atoms with van der Waals surface area (Å²) in [5, 5.41) is 0. The monoisotopic (exact) mass is 629 g/mol. The van der Waals surface area contributed by atoms with Gasteiger partial charge >= 0.3 is 0 Å². The van der Waals surface area contributed by atoms with Crippen molar-refractivity contribution < 1.29 is 0 Å². The van der Waals surface area contributed by atoms with E-state index < -0.39 is 0 Å². The molecule has 0 aromatic rings. The predicted octanol–water partition coefficient (Wildman–Crippen LogP) is 15.6. The number of allylic oxidation sites excluding steroid dienone is 19. The molecule has 1 fully saturated rings. The van der Waals surface area contributed by atoms with Crippen LogP contribution in [0.3, 0.4) is 0 Å². The Morgan fingerprint density at radius 2 is 1.35 bits per heavy atom. The summed E-state index contributed by atoms with van der Waals surface area (Å²) in [7, 11) is 0. The Bertz CT molecular complexity index is 887. The second kappa shape index (κ2) is 40.2. The van der Waals surface area contributed by atoms with Gasteiger partial charge in [0, 0.05) is 0 Å². The van der Waals surface area contributed by atoms with Crippen LogP contribution in [-0.2, 0) is 0 Å². The second-order valence-electron chi connectivity index (χ2n) is 12.0. The Labute approximate surface area is 290 Å². The standard InChI is InChI=1S/C10H12.C6H12.C5H8.C5H6.3C5H10.C5H8/c1-2-9-7-4-5-8(6-7)10(9)3-1;1-3-5-6-4-2;2*1-2-4-5-3-1;1-4-5(2)3;3*1-3-5-4-2/h1-2,4-5,7-10H,3,6H2;3H,1,4-6H2,2H3;1-2H,3-5H2;1-4H,5H2;4H,1-3H3;3,5H,4H2,1-2H3;3H,1,4-5H2,2H3;3-5H,1H2,2H3. The molecule has 0 aromatic heterocycles. The van der Waals surface area contributed by atoms with Crippen LogP contribution in [-0.4, -0.2) is 0 Å². The van der Waals surface area contributed by atoms with E-state index in [1.807, 2.05) is 45.1 Å². The molecule has 0 heterocycles. The molecule has 0 spiro atoms. The zero-order valence-electron chi connectivity index (χ0n) is 31.8. The lowest BCUT2D eigenvalue weighted by Gasteiger charge is -2.18. The largest absolute Gasteiger partial charge is 0.103 e. The second-order valence-corrected chi connectivity index (χ2v) is 12.0. The third kappa shape index (κ3) is 32.5. The van der Waals surface area contributed by atoms with Crippen LogP contribution >= 0.6 is 0 Å². The fourth-order valence-corrected chi connectivity index (χ4v) is 4.88. The van der Waals surface area contributed by atoms with Gasteiger partial charge in [-0.05, 0) is 116 Å². The molecule has 0 N–H and O–H groups in total. The molecule has 46 heavy (non-hydrogen) atoms. The van der Waals surface area contributed by atoms with E-state index in [2.05, 4.69) is 133 Å². The van der Waals surface area contributed by atoms with Crippen LogP contribution in [0.15, 0.2) is 135 Å². The molecule has 260 valence electrons. The molecule has 0 saturated heterocycles. The molecular formula is C46H76. The fourth-order valence-electron chi connectivity index (χ4n) is 4.88. The number of fused-ring (bicyclic) bond motifs is 5. The van der Waals surface area contributed by atoms with Gasteiger partial charge in [0.25, 0.3) is 0 Å². The van der Waals surface area contributed by atoms with E-state index in [1.54, 1.807) is 6.08 Å². The van der Waals surface area contributed by atoms with E-state index in [-0.39, 0.29) is 0 Å². The Hall–Kier alpha value is -2.86. The third-order valence-electron chi connectivity index (χ3n) is 7.65. The van der Waals surface area contributed by atoms with Gasteiger partial charge < -0.3 is 0 Å². The average Bonchev–Trinajstić information content (AvgIpc) is 3.91. The highest BCUT2D eigenvalue weighted by atomic mass is 14.5. The van der Waals surface area contributed by atoms with Crippen molar-refractivity contribution in [1.82, 2.24) is 0 Å². The molecule has 4 atom stereocenters. The van der Waals surface area contributed by atoms with Crippen molar-refractivity contribution in [3.05, 3.63) is 135 Å². The van der Waals surface area contributed by atoms with Crippen LogP contribution in [0.4, 0.5) is 0 Å². The normalized spacial score (nSPS) is 20.7. The molecule has 1 saturated carbocycles. The molecule has 4 unspecified atom stereocenters. The topological polar surface area (TPSA) is 0 Å². The van der Waals surface area contributed by atoms with Gasteiger partial charge in [-0.2, -0.15) is 0 Å². The lowest BCUT2D eigenvalue weighted by Crippen LogP contribution is -2.12. The van der Waals surface area contributed by atoms with Gasteiger partial charge in [-0.25, -0.2) is 0 Å². The van der Waals surface area contributed by atoms with E-state index >= 15 is 0 Å². The first-order valence-electron chi connectivity index (χ1n) is 18.4. The lowest BCUT2D eigenvalue weighted by molar-refractivity contribution is 0.398. The van der Waals surface area contributed by atoms with Crippen LogP contribution in [0.1, 0.15) is 132 Å². The van der Waals surface area contributed by atoms with Crippen molar-refractivity contribution in [3.63, 3.8) is 0 Å². The molecule has 0 nitrogen and oxygen atoms in total. The molecule has 5 aliphatic rings. The van der Waals surface area contributed by atoms with Gasteiger partial charge in [-0.1, -0.05) is 162 Å². The van der Waals surface area contributed by atoms with Crippen molar-refractivity contribution >= 4 is 0 Å². The average molecular weight is 629 g/mol. The number of unbranched alkanes of at least 4 members (excludes halogenated alkanes) is 3. The molecule has 0 radical (unpaired) electrons. The lowest BCUT2D eigenvalue weighted by atomic mass is 9.86. The van der Waals surface area contributed by atoms with E-state index in [9.17, 15) is 0 Å². The molecule has 5 rings (SSSR count). The zero-order valence-corrected chi connectivity index (χ0v) is 31.8. The molecule has 0 aromatic carbocycles. The van der Waals surface area contributed by atoms with Crippen molar-refractivity contribution in [3.8, 4) is 0 Å². The zero-order chi connectivity index (χ0) is 35.1. The highest BCUT2D eigenvalue weighted by Gasteiger charge is 2.44. The first-order valence-corrected chi connectivity index (χ1v) is 18.4. The summed E-state index contributed by atoms with van der Waals surface area (Å²) in [6, 6.07) is 0. The number of rotatable bonds is 7. The first kappa shape index (κ1) is 47.5. The summed E-state index contributed by atoms with van der Waals surface area (Å²) in [5.41, 5.74) is 1.38. The van der Waals surface area contributed by atoms with Crippen molar-refractivity contribution in [2.24, 2.45) is 23.7 Å². The van der Waals surface area contributed by atoms with Crippen molar-refractivity contribution in [2.75, 3.05) is 0 Å². The Balaban J connectivity index is -0.000000470. The Morgan fingerprint density at radius 1 is 0.739 bits per heavy atom. The molecule has 0 amide bonds. The van der Waals surface area contributed by atoms with E-state index in [0.717, 1.165) is 42.9 Å². The maximum absolute atomic E-state index is 3.60. The highest BCUT2D eigenvalue weighted by molar-refractivity contribution is 5.21.